The average molecular weight is 323 g/mol. The highest BCUT2D eigenvalue weighted by Gasteiger charge is 2.21. The minimum Gasteiger partial charge on any atom is -0.325 e. The van der Waals surface area contributed by atoms with E-state index in [9.17, 15) is 0 Å². The molecule has 0 bridgehead atoms. The molecule has 0 fully saturated rings. The van der Waals surface area contributed by atoms with E-state index in [0.29, 0.717) is 18.1 Å². The van der Waals surface area contributed by atoms with Crippen LogP contribution in [0.25, 0.3) is 5.69 Å². The third-order valence-corrected chi connectivity index (χ3v) is 4.23. The SMILES string of the molecule is NCc1cnc2n1-c1ccc(Cl)cc1C(c1ccccc1)=NC2. The van der Waals surface area contributed by atoms with Gasteiger partial charge in [0.25, 0.3) is 0 Å². The summed E-state index contributed by atoms with van der Waals surface area (Å²) in [6.45, 7) is 0.937. The first-order chi connectivity index (χ1) is 11.3. The highest BCUT2D eigenvalue weighted by molar-refractivity contribution is 6.31. The minimum atomic E-state index is 0.426. The molecule has 0 aliphatic carbocycles. The number of rotatable bonds is 2. The first-order valence-corrected chi connectivity index (χ1v) is 7.81. The van der Waals surface area contributed by atoms with Crippen LogP contribution in [-0.2, 0) is 13.1 Å². The molecule has 23 heavy (non-hydrogen) atoms. The second-order valence-electron chi connectivity index (χ2n) is 5.40. The lowest BCUT2D eigenvalue weighted by atomic mass is 10.0. The molecule has 1 aliphatic heterocycles. The number of benzene rings is 2. The van der Waals surface area contributed by atoms with Crippen molar-refractivity contribution in [2.75, 3.05) is 0 Å². The Bertz CT molecular complexity index is 897. The van der Waals surface area contributed by atoms with Crippen LogP contribution >= 0.6 is 11.6 Å². The fourth-order valence-electron chi connectivity index (χ4n) is 2.95. The highest BCUT2D eigenvalue weighted by Crippen LogP contribution is 2.28. The van der Waals surface area contributed by atoms with Gasteiger partial charge in [-0.25, -0.2) is 4.98 Å². The number of hydrogen-bond acceptors (Lipinski definition) is 3. The third kappa shape index (κ3) is 2.36. The standard InChI is InChI=1S/C18H15ClN4/c19-13-6-7-16-15(8-13)18(12-4-2-1-3-5-12)22-11-17-21-10-14(9-20)23(16)17/h1-8,10H,9,11,20H2. The van der Waals surface area contributed by atoms with Crippen LogP contribution in [-0.4, -0.2) is 15.3 Å². The number of hydrogen-bond donors (Lipinski definition) is 1. The van der Waals surface area contributed by atoms with Crippen molar-refractivity contribution >= 4 is 17.3 Å². The Morgan fingerprint density at radius 3 is 2.74 bits per heavy atom. The second kappa shape index (κ2) is 5.65. The number of imidazole rings is 1. The van der Waals surface area contributed by atoms with Crippen LogP contribution in [0.15, 0.2) is 59.7 Å². The Labute approximate surface area is 139 Å². The Kier molecular flexibility index (Phi) is 3.48. The summed E-state index contributed by atoms with van der Waals surface area (Å²) in [4.78, 5) is 9.28. The largest absolute Gasteiger partial charge is 0.325 e. The van der Waals surface area contributed by atoms with Crippen LogP contribution in [0.4, 0.5) is 0 Å². The van der Waals surface area contributed by atoms with Crippen LogP contribution in [0, 0.1) is 0 Å². The minimum absolute atomic E-state index is 0.426. The summed E-state index contributed by atoms with van der Waals surface area (Å²) < 4.78 is 2.09. The van der Waals surface area contributed by atoms with Crippen LogP contribution in [0.3, 0.4) is 0 Å². The molecule has 1 aliphatic rings. The number of fused-ring (bicyclic) bond motifs is 3. The van der Waals surface area contributed by atoms with Crippen LogP contribution in [0.5, 0.6) is 0 Å². The van der Waals surface area contributed by atoms with Gasteiger partial charge < -0.3 is 5.73 Å². The maximum atomic E-state index is 6.25. The lowest BCUT2D eigenvalue weighted by molar-refractivity contribution is 0.833. The van der Waals surface area contributed by atoms with Gasteiger partial charge in [0.15, 0.2) is 0 Å². The quantitative estimate of drug-likeness (QED) is 0.786. The van der Waals surface area contributed by atoms with E-state index in [1.165, 1.54) is 0 Å². The molecule has 2 aromatic carbocycles. The van der Waals surface area contributed by atoms with Crippen molar-refractivity contribution < 1.29 is 0 Å². The normalized spacial score (nSPS) is 13.0. The molecule has 114 valence electrons. The number of aliphatic imine (C=N–C) groups is 1. The first-order valence-electron chi connectivity index (χ1n) is 7.43. The van der Waals surface area contributed by atoms with Crippen molar-refractivity contribution in [3.05, 3.63) is 82.4 Å². The number of nitrogens with zero attached hydrogens (tertiary/aromatic N) is 3. The molecule has 0 atom stereocenters. The molecule has 2 heterocycles. The van der Waals surface area contributed by atoms with Crippen molar-refractivity contribution in [2.24, 2.45) is 10.7 Å². The summed E-state index contributed by atoms with van der Waals surface area (Å²) in [7, 11) is 0. The van der Waals surface area contributed by atoms with Gasteiger partial charge in [-0.05, 0) is 18.2 Å². The van der Waals surface area contributed by atoms with Crippen LogP contribution < -0.4 is 5.73 Å². The van der Waals surface area contributed by atoms with Crippen LogP contribution in [0.1, 0.15) is 22.6 Å². The maximum Gasteiger partial charge on any atom is 0.135 e. The van der Waals surface area contributed by atoms with Gasteiger partial charge in [0.2, 0.25) is 0 Å². The molecule has 2 N–H and O–H groups in total. The van der Waals surface area contributed by atoms with E-state index in [-0.39, 0.29) is 0 Å². The van der Waals surface area contributed by atoms with Crippen molar-refractivity contribution in [3.63, 3.8) is 0 Å². The number of nitrogens with two attached hydrogens (primary N) is 1. The van der Waals surface area contributed by atoms with Gasteiger partial charge in [0.05, 0.1) is 29.8 Å². The number of aromatic nitrogens is 2. The van der Waals surface area contributed by atoms with Crippen molar-refractivity contribution in [1.82, 2.24) is 9.55 Å². The van der Waals surface area contributed by atoms with Crippen LogP contribution in [0.2, 0.25) is 5.02 Å². The van der Waals surface area contributed by atoms with E-state index in [1.807, 2.05) is 42.6 Å². The van der Waals surface area contributed by atoms with Crippen molar-refractivity contribution in [2.45, 2.75) is 13.1 Å². The Morgan fingerprint density at radius 2 is 1.96 bits per heavy atom. The van der Waals surface area contributed by atoms with Gasteiger partial charge in [-0.3, -0.25) is 9.56 Å². The van der Waals surface area contributed by atoms with Crippen molar-refractivity contribution in [1.29, 1.82) is 0 Å². The molecule has 4 nitrogen and oxygen atoms in total. The van der Waals surface area contributed by atoms with E-state index < -0.39 is 0 Å². The predicted octanol–water partition coefficient (Wildman–Crippen LogP) is 3.34. The Hall–Kier alpha value is -2.43. The fraction of sp³-hybridized carbons (Fsp3) is 0.111. The average Bonchev–Trinajstić information content (AvgIpc) is 2.92. The van der Waals surface area contributed by atoms with E-state index >= 15 is 0 Å². The van der Waals surface area contributed by atoms with Gasteiger partial charge in [0.1, 0.15) is 5.82 Å². The van der Waals surface area contributed by atoms with Gasteiger partial charge in [-0.15, -0.1) is 0 Å². The summed E-state index contributed by atoms with van der Waals surface area (Å²) in [5, 5.41) is 0.685. The van der Waals surface area contributed by atoms with Gasteiger partial charge >= 0.3 is 0 Å². The monoisotopic (exact) mass is 322 g/mol. The Balaban J connectivity index is 2.00. The topological polar surface area (TPSA) is 56.2 Å². The van der Waals surface area contributed by atoms with E-state index in [2.05, 4.69) is 21.7 Å². The molecule has 0 unspecified atom stereocenters. The highest BCUT2D eigenvalue weighted by atomic mass is 35.5. The summed E-state index contributed by atoms with van der Waals surface area (Å²) in [6, 6.07) is 16.0. The molecule has 0 saturated carbocycles. The molecule has 0 spiro atoms. The zero-order valence-corrected chi connectivity index (χ0v) is 13.2. The second-order valence-corrected chi connectivity index (χ2v) is 5.83. The smallest absolute Gasteiger partial charge is 0.135 e. The molecule has 1 aromatic heterocycles. The molecular weight excluding hydrogens is 308 g/mol. The lowest BCUT2D eigenvalue weighted by Gasteiger charge is -2.14. The summed E-state index contributed by atoms with van der Waals surface area (Å²) in [5.41, 5.74) is 10.8. The number of halogens is 1. The summed E-state index contributed by atoms with van der Waals surface area (Å²) >= 11 is 6.25. The molecule has 0 amide bonds. The molecule has 0 saturated heterocycles. The molecule has 4 rings (SSSR count). The fourth-order valence-corrected chi connectivity index (χ4v) is 3.12. The van der Waals surface area contributed by atoms with Gasteiger partial charge in [0, 0.05) is 22.7 Å². The molecule has 3 aromatic rings. The van der Waals surface area contributed by atoms with E-state index in [1.54, 1.807) is 0 Å². The summed E-state index contributed by atoms with van der Waals surface area (Å²) in [5.74, 6) is 0.889. The van der Waals surface area contributed by atoms with E-state index in [4.69, 9.17) is 22.3 Å². The molecular formula is C18H15ClN4. The molecule has 0 radical (unpaired) electrons. The zero-order valence-electron chi connectivity index (χ0n) is 12.4. The first kappa shape index (κ1) is 14.2. The Morgan fingerprint density at radius 1 is 1.13 bits per heavy atom. The van der Waals surface area contributed by atoms with Gasteiger partial charge in [-0.1, -0.05) is 41.9 Å². The maximum absolute atomic E-state index is 6.25. The zero-order chi connectivity index (χ0) is 15.8. The van der Waals surface area contributed by atoms with Crippen molar-refractivity contribution in [3.8, 4) is 5.69 Å². The van der Waals surface area contributed by atoms with E-state index in [0.717, 1.165) is 34.0 Å². The molecule has 5 heteroatoms. The van der Waals surface area contributed by atoms with Gasteiger partial charge in [-0.2, -0.15) is 0 Å². The predicted molar refractivity (Wildman–Crippen MR) is 92.3 cm³/mol. The summed E-state index contributed by atoms with van der Waals surface area (Å²) in [6.07, 6.45) is 1.82. The lowest BCUT2D eigenvalue weighted by Crippen LogP contribution is -2.11. The third-order valence-electron chi connectivity index (χ3n) is 4.00.